The molecule has 6 nitrogen and oxygen atoms in total. The summed E-state index contributed by atoms with van der Waals surface area (Å²) >= 11 is 0. The Morgan fingerprint density at radius 1 is 1.39 bits per heavy atom. The number of ether oxygens (including phenoxy) is 2. The lowest BCUT2D eigenvalue weighted by molar-refractivity contribution is -0.393. The molecule has 0 bridgehead atoms. The first-order valence-corrected chi connectivity index (χ1v) is 9.30. The second-order valence-corrected chi connectivity index (χ2v) is 7.44. The van der Waals surface area contributed by atoms with Crippen molar-refractivity contribution in [3.8, 4) is 18.1 Å². The van der Waals surface area contributed by atoms with E-state index < -0.39 is 11.7 Å². The number of nitrogens with one attached hydrogen (secondary N) is 1. The molecule has 0 saturated heterocycles. The van der Waals surface area contributed by atoms with Gasteiger partial charge in [0.2, 0.25) is 0 Å². The first-order valence-electron chi connectivity index (χ1n) is 9.30. The molecule has 158 valence electrons. The SMILES string of the molecule is C#C[C@H](C)[NH3+].C[C@@H](CCc1c(F)cccc1OCCO)NC(=O)OC(C)(C)C. The van der Waals surface area contributed by atoms with E-state index in [0.717, 1.165) is 0 Å². The molecule has 0 fully saturated rings. The molecule has 1 aromatic rings. The Morgan fingerprint density at radius 3 is 2.50 bits per heavy atom. The van der Waals surface area contributed by atoms with Gasteiger partial charge >= 0.3 is 6.09 Å². The summed E-state index contributed by atoms with van der Waals surface area (Å²) in [6.07, 6.45) is 5.31. The Balaban J connectivity index is 0.00000129. The predicted molar refractivity (Wildman–Crippen MR) is 107 cm³/mol. The van der Waals surface area contributed by atoms with Gasteiger partial charge in [-0.3, -0.25) is 0 Å². The van der Waals surface area contributed by atoms with Crippen LogP contribution < -0.4 is 15.8 Å². The molecule has 1 aromatic carbocycles. The fourth-order valence-corrected chi connectivity index (χ4v) is 2.01. The molecule has 0 unspecified atom stereocenters. The van der Waals surface area contributed by atoms with E-state index in [0.29, 0.717) is 24.2 Å². The normalized spacial score (nSPS) is 12.7. The minimum atomic E-state index is -0.555. The first-order chi connectivity index (χ1) is 13.0. The molecule has 0 heterocycles. The number of quaternary nitrogens is 1. The van der Waals surface area contributed by atoms with Crippen LogP contribution in [0, 0.1) is 18.2 Å². The molecule has 0 aliphatic heterocycles. The second-order valence-electron chi connectivity index (χ2n) is 7.44. The summed E-state index contributed by atoms with van der Waals surface area (Å²) in [7, 11) is 0. The van der Waals surface area contributed by atoms with Crippen LogP contribution >= 0.6 is 0 Å². The summed E-state index contributed by atoms with van der Waals surface area (Å²) in [6.45, 7) is 9.07. The Hall–Kier alpha value is -2.30. The fraction of sp³-hybridized carbons (Fsp3) is 0.571. The van der Waals surface area contributed by atoms with Crippen molar-refractivity contribution in [1.82, 2.24) is 5.32 Å². The third-order valence-electron chi connectivity index (χ3n) is 3.30. The largest absolute Gasteiger partial charge is 0.491 e. The van der Waals surface area contributed by atoms with Crippen molar-refractivity contribution in [3.05, 3.63) is 29.6 Å². The number of terminal acetylenes is 1. The molecule has 0 aromatic heterocycles. The Kier molecular flexibility index (Phi) is 11.9. The number of halogens is 1. The number of hydrogen-bond donors (Lipinski definition) is 3. The minimum Gasteiger partial charge on any atom is -0.491 e. The van der Waals surface area contributed by atoms with E-state index in [2.05, 4.69) is 17.0 Å². The maximum absolute atomic E-state index is 14.0. The van der Waals surface area contributed by atoms with Gasteiger partial charge in [0.1, 0.15) is 29.8 Å². The van der Waals surface area contributed by atoms with Gasteiger partial charge < -0.3 is 25.6 Å². The molecular weight excluding hydrogens is 363 g/mol. The van der Waals surface area contributed by atoms with Crippen LogP contribution in [0.3, 0.4) is 0 Å². The summed E-state index contributed by atoms with van der Waals surface area (Å²) in [5.41, 5.74) is 3.41. The van der Waals surface area contributed by atoms with Crippen LogP contribution in [0.15, 0.2) is 18.2 Å². The third kappa shape index (κ3) is 12.2. The van der Waals surface area contributed by atoms with E-state index in [1.807, 2.05) is 13.8 Å². The van der Waals surface area contributed by atoms with Gasteiger partial charge in [0.25, 0.3) is 0 Å². The number of aliphatic hydroxyl groups is 1. The van der Waals surface area contributed by atoms with E-state index >= 15 is 0 Å². The highest BCUT2D eigenvalue weighted by molar-refractivity contribution is 5.68. The number of benzene rings is 1. The molecule has 5 N–H and O–H groups in total. The molecule has 7 heteroatoms. The lowest BCUT2D eigenvalue weighted by atomic mass is 10.0. The van der Waals surface area contributed by atoms with Crippen LogP contribution in [0.25, 0.3) is 0 Å². The Bertz CT molecular complexity index is 636. The Labute approximate surface area is 167 Å². The Morgan fingerprint density at radius 2 is 2.00 bits per heavy atom. The van der Waals surface area contributed by atoms with Crippen LogP contribution in [0.4, 0.5) is 9.18 Å². The van der Waals surface area contributed by atoms with Crippen molar-refractivity contribution >= 4 is 6.09 Å². The number of amides is 1. The van der Waals surface area contributed by atoms with Gasteiger partial charge in [-0.15, -0.1) is 6.42 Å². The molecular formula is C21H34FN2O4+. The van der Waals surface area contributed by atoms with Crippen LogP contribution in [-0.2, 0) is 11.2 Å². The zero-order valence-electron chi connectivity index (χ0n) is 17.5. The lowest BCUT2D eigenvalue weighted by Crippen LogP contribution is -2.58. The quantitative estimate of drug-likeness (QED) is 0.615. The monoisotopic (exact) mass is 397 g/mol. The van der Waals surface area contributed by atoms with Gasteiger partial charge in [0.15, 0.2) is 0 Å². The molecule has 0 aliphatic carbocycles. The highest BCUT2D eigenvalue weighted by Crippen LogP contribution is 2.23. The van der Waals surface area contributed by atoms with Gasteiger partial charge in [-0.2, -0.15) is 0 Å². The zero-order valence-corrected chi connectivity index (χ0v) is 17.5. The number of alkyl carbamates (subject to hydrolysis) is 1. The van der Waals surface area contributed by atoms with Gasteiger partial charge in [-0.25, -0.2) is 9.18 Å². The fourth-order valence-electron chi connectivity index (χ4n) is 2.01. The van der Waals surface area contributed by atoms with Crippen molar-refractivity contribution in [2.24, 2.45) is 0 Å². The summed E-state index contributed by atoms with van der Waals surface area (Å²) in [5.74, 6) is 2.48. The number of aliphatic hydroxyl groups excluding tert-OH is 1. The predicted octanol–water partition coefficient (Wildman–Crippen LogP) is 2.29. The van der Waals surface area contributed by atoms with E-state index in [4.69, 9.17) is 21.0 Å². The smallest absolute Gasteiger partial charge is 0.407 e. The second kappa shape index (κ2) is 13.0. The summed E-state index contributed by atoms with van der Waals surface area (Å²) < 4.78 is 24.5. The molecule has 0 spiro atoms. The van der Waals surface area contributed by atoms with Crippen LogP contribution in [0.1, 0.15) is 46.6 Å². The van der Waals surface area contributed by atoms with Gasteiger partial charge in [0.05, 0.1) is 6.61 Å². The molecule has 28 heavy (non-hydrogen) atoms. The standard InChI is InChI=1S/C17H26FNO4.C4H7N/c1-12(19-16(21)23-17(2,3)4)8-9-13-14(18)6-5-7-15(13)22-11-10-20;1-3-4(2)5/h5-7,12,20H,8-11H2,1-4H3,(H,19,21);1,4H,5H2,2H3/p+1/t12-;4-/m00/s1. The van der Waals surface area contributed by atoms with E-state index in [-0.39, 0.29) is 31.1 Å². The number of carbonyl (C=O) groups is 1. The van der Waals surface area contributed by atoms with Crippen molar-refractivity contribution < 1.29 is 29.5 Å². The highest BCUT2D eigenvalue weighted by Gasteiger charge is 2.18. The molecule has 2 atom stereocenters. The number of rotatable bonds is 7. The van der Waals surface area contributed by atoms with Gasteiger partial charge in [-0.1, -0.05) is 6.07 Å². The van der Waals surface area contributed by atoms with Crippen molar-refractivity contribution in [2.45, 2.75) is 65.1 Å². The van der Waals surface area contributed by atoms with E-state index in [1.165, 1.54) is 6.07 Å². The average molecular weight is 398 g/mol. The lowest BCUT2D eigenvalue weighted by Gasteiger charge is -2.22. The van der Waals surface area contributed by atoms with Crippen molar-refractivity contribution in [3.63, 3.8) is 0 Å². The van der Waals surface area contributed by atoms with Gasteiger partial charge in [0, 0.05) is 11.6 Å². The van der Waals surface area contributed by atoms with Gasteiger partial charge in [-0.05, 0) is 65.5 Å². The topological polar surface area (TPSA) is 95.4 Å². The average Bonchev–Trinajstić information content (AvgIpc) is 2.57. The maximum atomic E-state index is 14.0. The van der Waals surface area contributed by atoms with Crippen LogP contribution in [-0.4, -0.2) is 42.1 Å². The van der Waals surface area contributed by atoms with Crippen LogP contribution in [0.5, 0.6) is 5.75 Å². The van der Waals surface area contributed by atoms with E-state index in [9.17, 15) is 9.18 Å². The summed E-state index contributed by atoms with van der Waals surface area (Å²) in [5, 5.41) is 11.5. The zero-order chi connectivity index (χ0) is 21.7. The molecule has 1 rings (SSSR count). The highest BCUT2D eigenvalue weighted by atomic mass is 19.1. The number of carbonyl (C=O) groups excluding carboxylic acids is 1. The molecule has 0 radical (unpaired) electrons. The summed E-state index contributed by atoms with van der Waals surface area (Å²) in [6, 6.07) is 4.59. The van der Waals surface area contributed by atoms with Crippen molar-refractivity contribution in [2.75, 3.05) is 13.2 Å². The maximum Gasteiger partial charge on any atom is 0.407 e. The molecule has 1 amide bonds. The molecule has 0 aliphatic rings. The minimum absolute atomic E-state index is 0.113. The molecule has 0 saturated carbocycles. The van der Waals surface area contributed by atoms with Crippen molar-refractivity contribution in [1.29, 1.82) is 0 Å². The van der Waals surface area contributed by atoms with Crippen LogP contribution in [0.2, 0.25) is 0 Å². The third-order valence-corrected chi connectivity index (χ3v) is 3.30. The first kappa shape index (κ1) is 25.7. The van der Waals surface area contributed by atoms with E-state index in [1.54, 1.807) is 32.9 Å². The number of hydrogen-bond acceptors (Lipinski definition) is 4. The summed E-state index contributed by atoms with van der Waals surface area (Å²) in [4.78, 5) is 11.7.